The van der Waals surface area contributed by atoms with E-state index >= 15 is 0 Å². The molecule has 0 amide bonds. The van der Waals surface area contributed by atoms with Crippen molar-refractivity contribution < 1.29 is 9.84 Å². The standard InChI is InChI=1S/C12H28N2O2/c1-10(2)11(7-16-6)13-8-12(3,15)9-14(4)5/h10-11,13,15H,7-9H2,1-6H3. The van der Waals surface area contributed by atoms with Gasteiger partial charge in [0.2, 0.25) is 0 Å². The minimum absolute atomic E-state index is 0.290. The van der Waals surface area contributed by atoms with Gasteiger partial charge in [-0.05, 0) is 26.9 Å². The highest BCUT2D eigenvalue weighted by Crippen LogP contribution is 2.07. The lowest BCUT2D eigenvalue weighted by Gasteiger charge is -2.30. The molecule has 0 radical (unpaired) electrons. The third-order valence-electron chi connectivity index (χ3n) is 2.55. The minimum Gasteiger partial charge on any atom is -0.388 e. The van der Waals surface area contributed by atoms with Gasteiger partial charge in [0.15, 0.2) is 0 Å². The van der Waals surface area contributed by atoms with E-state index in [1.807, 2.05) is 25.9 Å². The molecule has 16 heavy (non-hydrogen) atoms. The number of hydrogen-bond donors (Lipinski definition) is 2. The molecular weight excluding hydrogens is 204 g/mol. The third kappa shape index (κ3) is 7.17. The molecule has 0 rings (SSSR count). The topological polar surface area (TPSA) is 44.7 Å². The Labute approximate surface area is 100.0 Å². The number of rotatable bonds is 8. The van der Waals surface area contributed by atoms with Crippen LogP contribution in [-0.4, -0.2) is 62.6 Å². The summed E-state index contributed by atoms with van der Waals surface area (Å²) in [5, 5.41) is 13.5. The first-order chi connectivity index (χ1) is 7.28. The summed E-state index contributed by atoms with van der Waals surface area (Å²) >= 11 is 0. The lowest BCUT2D eigenvalue weighted by atomic mass is 10.0. The third-order valence-corrected chi connectivity index (χ3v) is 2.55. The number of aliphatic hydroxyl groups is 1. The molecule has 0 heterocycles. The molecule has 2 unspecified atom stereocenters. The highest BCUT2D eigenvalue weighted by molar-refractivity contribution is 4.81. The fourth-order valence-electron chi connectivity index (χ4n) is 1.75. The number of nitrogens with zero attached hydrogens (tertiary/aromatic N) is 1. The molecule has 0 saturated heterocycles. The van der Waals surface area contributed by atoms with Crippen LogP contribution >= 0.6 is 0 Å². The van der Waals surface area contributed by atoms with Crippen molar-refractivity contribution in [1.29, 1.82) is 0 Å². The van der Waals surface area contributed by atoms with Crippen molar-refractivity contribution in [3.63, 3.8) is 0 Å². The lowest BCUT2D eigenvalue weighted by Crippen LogP contribution is -2.50. The van der Waals surface area contributed by atoms with Crippen molar-refractivity contribution in [1.82, 2.24) is 10.2 Å². The van der Waals surface area contributed by atoms with E-state index in [4.69, 9.17) is 4.74 Å². The molecule has 0 fully saturated rings. The molecule has 0 aromatic carbocycles. The van der Waals surface area contributed by atoms with Crippen molar-refractivity contribution in [3.05, 3.63) is 0 Å². The summed E-state index contributed by atoms with van der Waals surface area (Å²) in [6.07, 6.45) is 0. The van der Waals surface area contributed by atoms with Crippen LogP contribution in [0.1, 0.15) is 20.8 Å². The quantitative estimate of drug-likeness (QED) is 0.642. The molecule has 0 aliphatic rings. The van der Waals surface area contributed by atoms with E-state index in [9.17, 15) is 5.11 Å². The molecule has 0 bridgehead atoms. The highest BCUT2D eigenvalue weighted by atomic mass is 16.5. The summed E-state index contributed by atoms with van der Waals surface area (Å²) in [5.41, 5.74) is -0.704. The average Bonchev–Trinajstić information content (AvgIpc) is 2.09. The number of hydrogen-bond acceptors (Lipinski definition) is 4. The van der Waals surface area contributed by atoms with E-state index < -0.39 is 5.60 Å². The summed E-state index contributed by atoms with van der Waals surface area (Å²) in [5.74, 6) is 0.495. The van der Waals surface area contributed by atoms with Crippen LogP contribution in [0.4, 0.5) is 0 Å². The van der Waals surface area contributed by atoms with Crippen LogP contribution in [0.25, 0.3) is 0 Å². The van der Waals surface area contributed by atoms with Gasteiger partial charge in [0, 0.05) is 26.2 Å². The molecule has 2 N–H and O–H groups in total. The van der Waals surface area contributed by atoms with Crippen molar-refractivity contribution in [2.24, 2.45) is 5.92 Å². The van der Waals surface area contributed by atoms with Crippen LogP contribution in [0.5, 0.6) is 0 Å². The highest BCUT2D eigenvalue weighted by Gasteiger charge is 2.23. The molecule has 0 aliphatic carbocycles. The Balaban J connectivity index is 4.07. The first-order valence-corrected chi connectivity index (χ1v) is 5.88. The Morgan fingerprint density at radius 2 is 1.94 bits per heavy atom. The van der Waals surface area contributed by atoms with Gasteiger partial charge in [-0.3, -0.25) is 0 Å². The molecule has 4 heteroatoms. The summed E-state index contributed by atoms with van der Waals surface area (Å²) in [7, 11) is 5.63. The van der Waals surface area contributed by atoms with Gasteiger partial charge in [-0.25, -0.2) is 0 Å². The van der Waals surface area contributed by atoms with Gasteiger partial charge in [0.1, 0.15) is 0 Å². The van der Waals surface area contributed by atoms with Gasteiger partial charge in [-0.1, -0.05) is 13.8 Å². The number of nitrogens with one attached hydrogen (secondary N) is 1. The summed E-state index contributed by atoms with van der Waals surface area (Å²) in [4.78, 5) is 1.99. The van der Waals surface area contributed by atoms with E-state index in [2.05, 4.69) is 19.2 Å². The maximum Gasteiger partial charge on any atom is 0.0869 e. The fourth-order valence-corrected chi connectivity index (χ4v) is 1.75. The zero-order valence-corrected chi connectivity index (χ0v) is 11.6. The van der Waals surface area contributed by atoms with Crippen molar-refractivity contribution in [2.45, 2.75) is 32.4 Å². The van der Waals surface area contributed by atoms with E-state index in [-0.39, 0.29) is 0 Å². The second kappa shape index (κ2) is 7.22. The average molecular weight is 232 g/mol. The van der Waals surface area contributed by atoms with Gasteiger partial charge >= 0.3 is 0 Å². The van der Waals surface area contributed by atoms with Gasteiger partial charge in [0.25, 0.3) is 0 Å². The summed E-state index contributed by atoms with van der Waals surface area (Å²) in [6, 6.07) is 0.290. The first kappa shape index (κ1) is 15.8. The Kier molecular flexibility index (Phi) is 7.15. The van der Waals surface area contributed by atoms with Crippen molar-refractivity contribution >= 4 is 0 Å². The van der Waals surface area contributed by atoms with Crippen LogP contribution < -0.4 is 5.32 Å². The largest absolute Gasteiger partial charge is 0.388 e. The SMILES string of the molecule is COCC(NCC(C)(O)CN(C)C)C(C)C. The van der Waals surface area contributed by atoms with E-state index in [0.29, 0.717) is 31.7 Å². The molecule has 0 spiro atoms. The van der Waals surface area contributed by atoms with Gasteiger partial charge in [-0.15, -0.1) is 0 Å². The monoisotopic (exact) mass is 232 g/mol. The molecule has 2 atom stereocenters. The summed E-state index contributed by atoms with van der Waals surface area (Å²) in [6.45, 7) is 8.06. The normalized spacial score (nSPS) is 17.8. The Morgan fingerprint density at radius 3 is 2.31 bits per heavy atom. The summed E-state index contributed by atoms with van der Waals surface area (Å²) < 4.78 is 5.16. The zero-order valence-electron chi connectivity index (χ0n) is 11.6. The molecule has 4 nitrogen and oxygen atoms in total. The van der Waals surface area contributed by atoms with Gasteiger partial charge in [-0.2, -0.15) is 0 Å². The molecule has 98 valence electrons. The predicted molar refractivity (Wildman–Crippen MR) is 67.7 cm³/mol. The van der Waals surface area contributed by atoms with Crippen LogP contribution in [-0.2, 0) is 4.74 Å². The molecule has 0 aliphatic heterocycles. The Hall–Kier alpha value is -0.160. The molecular formula is C12H28N2O2. The second-order valence-corrected chi connectivity index (χ2v) is 5.42. The van der Waals surface area contributed by atoms with Gasteiger partial charge in [0.05, 0.1) is 12.2 Å². The lowest BCUT2D eigenvalue weighted by molar-refractivity contribution is 0.0256. The van der Waals surface area contributed by atoms with E-state index in [1.54, 1.807) is 7.11 Å². The van der Waals surface area contributed by atoms with Crippen LogP contribution in [0.15, 0.2) is 0 Å². The van der Waals surface area contributed by atoms with Gasteiger partial charge < -0.3 is 20.1 Å². The number of likely N-dealkylation sites (N-methyl/N-ethyl adjacent to an activating group) is 1. The van der Waals surface area contributed by atoms with Crippen molar-refractivity contribution in [3.8, 4) is 0 Å². The Morgan fingerprint density at radius 1 is 1.38 bits per heavy atom. The number of ether oxygens (including phenoxy) is 1. The maximum atomic E-state index is 10.1. The maximum absolute atomic E-state index is 10.1. The van der Waals surface area contributed by atoms with E-state index in [0.717, 1.165) is 0 Å². The van der Waals surface area contributed by atoms with Crippen LogP contribution in [0, 0.1) is 5.92 Å². The molecule has 0 aromatic heterocycles. The first-order valence-electron chi connectivity index (χ1n) is 5.88. The molecule has 0 saturated carbocycles. The van der Waals surface area contributed by atoms with Crippen molar-refractivity contribution in [2.75, 3.05) is 40.9 Å². The predicted octanol–water partition coefficient (Wildman–Crippen LogP) is 0.560. The Bertz CT molecular complexity index is 182. The smallest absolute Gasteiger partial charge is 0.0869 e. The minimum atomic E-state index is -0.704. The zero-order chi connectivity index (χ0) is 12.8. The van der Waals surface area contributed by atoms with Crippen LogP contribution in [0.3, 0.4) is 0 Å². The van der Waals surface area contributed by atoms with Crippen LogP contribution in [0.2, 0.25) is 0 Å². The fraction of sp³-hybridized carbons (Fsp3) is 1.00. The van der Waals surface area contributed by atoms with E-state index in [1.165, 1.54) is 0 Å². The second-order valence-electron chi connectivity index (χ2n) is 5.42. The molecule has 0 aromatic rings. The number of methoxy groups -OCH3 is 1.